The molecule has 6 nitrogen and oxygen atoms in total. The van der Waals surface area contributed by atoms with Crippen molar-refractivity contribution in [2.75, 3.05) is 25.0 Å². The topological polar surface area (TPSA) is 70.4 Å². The average molecular weight is 433 g/mol. The van der Waals surface area contributed by atoms with Gasteiger partial charge in [0.2, 0.25) is 5.91 Å². The molecule has 0 saturated heterocycles. The minimum absolute atomic E-state index is 0.0699. The fraction of sp³-hybridized carbons (Fsp3) is 0.385. The van der Waals surface area contributed by atoms with Crippen LogP contribution in [0.15, 0.2) is 72.9 Å². The van der Waals surface area contributed by atoms with Gasteiger partial charge in [0.15, 0.2) is 0 Å². The highest BCUT2D eigenvalue weighted by molar-refractivity contribution is 5.91. The van der Waals surface area contributed by atoms with Crippen LogP contribution in [0.3, 0.4) is 0 Å². The second-order valence-corrected chi connectivity index (χ2v) is 8.42. The first-order valence-corrected chi connectivity index (χ1v) is 11.5. The van der Waals surface area contributed by atoms with E-state index in [1.807, 2.05) is 47.1 Å². The summed E-state index contributed by atoms with van der Waals surface area (Å²) in [6, 6.07) is 22.6. The molecular formula is C26H32N4O2. The quantitative estimate of drug-likeness (QED) is 0.498. The SMILES string of the molecule is O=C(CN(CCCO)C(c1ccccc1)c1ccccc1)Nc1ccnn1C1CCCC1. The minimum atomic E-state index is -0.0746. The van der Waals surface area contributed by atoms with Crippen LogP contribution in [-0.4, -0.2) is 45.4 Å². The number of aliphatic hydroxyl groups is 1. The first kappa shape index (κ1) is 22.2. The maximum absolute atomic E-state index is 13.2. The molecule has 0 aliphatic heterocycles. The normalized spacial score (nSPS) is 14.3. The van der Waals surface area contributed by atoms with Crippen molar-refractivity contribution in [3.05, 3.63) is 84.1 Å². The number of nitrogens with one attached hydrogen (secondary N) is 1. The number of rotatable bonds is 10. The van der Waals surface area contributed by atoms with E-state index in [9.17, 15) is 9.90 Å². The number of anilines is 1. The molecule has 2 aromatic carbocycles. The number of aliphatic hydroxyl groups excluding tert-OH is 1. The van der Waals surface area contributed by atoms with E-state index in [1.54, 1.807) is 6.20 Å². The second kappa shape index (κ2) is 11.1. The third kappa shape index (κ3) is 5.44. The van der Waals surface area contributed by atoms with Gasteiger partial charge in [-0.1, -0.05) is 73.5 Å². The molecule has 1 aliphatic carbocycles. The molecule has 1 heterocycles. The van der Waals surface area contributed by atoms with Gasteiger partial charge in [0.25, 0.3) is 0 Å². The molecule has 1 aromatic heterocycles. The van der Waals surface area contributed by atoms with Gasteiger partial charge in [-0.05, 0) is 30.4 Å². The molecule has 0 radical (unpaired) electrons. The fourth-order valence-electron chi connectivity index (χ4n) is 4.68. The predicted octanol–water partition coefficient (Wildman–Crippen LogP) is 4.41. The summed E-state index contributed by atoms with van der Waals surface area (Å²) in [7, 11) is 0. The van der Waals surface area contributed by atoms with Crippen LogP contribution in [-0.2, 0) is 4.79 Å². The molecule has 168 valence electrons. The summed E-state index contributed by atoms with van der Waals surface area (Å²) >= 11 is 0. The van der Waals surface area contributed by atoms with Gasteiger partial charge in [0.1, 0.15) is 5.82 Å². The van der Waals surface area contributed by atoms with Gasteiger partial charge >= 0.3 is 0 Å². The Morgan fingerprint density at radius 3 is 2.25 bits per heavy atom. The van der Waals surface area contributed by atoms with Gasteiger partial charge in [-0.25, -0.2) is 4.68 Å². The molecule has 32 heavy (non-hydrogen) atoms. The molecule has 0 spiro atoms. The molecule has 0 bridgehead atoms. The lowest BCUT2D eigenvalue weighted by Gasteiger charge is -2.32. The zero-order valence-electron chi connectivity index (χ0n) is 18.4. The van der Waals surface area contributed by atoms with Crippen LogP contribution in [0.4, 0.5) is 5.82 Å². The highest BCUT2D eigenvalue weighted by Gasteiger charge is 2.25. The number of amides is 1. The number of carbonyl (C=O) groups excluding carboxylic acids is 1. The van der Waals surface area contributed by atoms with Gasteiger partial charge in [-0.3, -0.25) is 9.69 Å². The molecule has 2 N–H and O–H groups in total. The Kier molecular flexibility index (Phi) is 7.69. The predicted molar refractivity (Wildman–Crippen MR) is 126 cm³/mol. The molecule has 0 unspecified atom stereocenters. The van der Waals surface area contributed by atoms with Crippen LogP contribution >= 0.6 is 0 Å². The average Bonchev–Trinajstić information content (AvgIpc) is 3.51. The Labute approximate surface area is 189 Å². The number of hydrogen-bond acceptors (Lipinski definition) is 4. The summed E-state index contributed by atoms with van der Waals surface area (Å²) in [6.45, 7) is 0.924. The second-order valence-electron chi connectivity index (χ2n) is 8.42. The van der Waals surface area contributed by atoms with E-state index >= 15 is 0 Å². The van der Waals surface area contributed by atoms with Crippen molar-refractivity contribution in [1.82, 2.24) is 14.7 Å². The van der Waals surface area contributed by atoms with Crippen molar-refractivity contribution in [1.29, 1.82) is 0 Å². The van der Waals surface area contributed by atoms with Gasteiger partial charge in [0.05, 0.1) is 24.8 Å². The zero-order valence-corrected chi connectivity index (χ0v) is 18.4. The van der Waals surface area contributed by atoms with Crippen molar-refractivity contribution < 1.29 is 9.90 Å². The largest absolute Gasteiger partial charge is 0.396 e. The van der Waals surface area contributed by atoms with E-state index in [0.717, 1.165) is 29.8 Å². The molecule has 3 aromatic rings. The minimum Gasteiger partial charge on any atom is -0.396 e. The molecule has 1 fully saturated rings. The van der Waals surface area contributed by atoms with E-state index in [2.05, 4.69) is 39.6 Å². The Hall–Kier alpha value is -2.96. The van der Waals surface area contributed by atoms with E-state index in [1.165, 1.54) is 12.8 Å². The third-order valence-corrected chi connectivity index (χ3v) is 6.15. The summed E-state index contributed by atoms with van der Waals surface area (Å²) in [4.78, 5) is 15.3. The number of nitrogens with zero attached hydrogens (tertiary/aromatic N) is 3. The summed E-state index contributed by atoms with van der Waals surface area (Å²) in [6.07, 6.45) is 7.00. The maximum atomic E-state index is 13.2. The Morgan fingerprint density at radius 1 is 1.03 bits per heavy atom. The van der Waals surface area contributed by atoms with Crippen molar-refractivity contribution in [3.63, 3.8) is 0 Å². The first-order valence-electron chi connectivity index (χ1n) is 11.5. The van der Waals surface area contributed by atoms with E-state index in [-0.39, 0.29) is 25.1 Å². The van der Waals surface area contributed by atoms with Gasteiger partial charge < -0.3 is 10.4 Å². The summed E-state index contributed by atoms with van der Waals surface area (Å²) in [5, 5.41) is 17.1. The lowest BCUT2D eigenvalue weighted by molar-refractivity contribution is -0.117. The van der Waals surface area contributed by atoms with E-state index in [4.69, 9.17) is 0 Å². The van der Waals surface area contributed by atoms with Crippen LogP contribution < -0.4 is 5.32 Å². The molecule has 0 atom stereocenters. The van der Waals surface area contributed by atoms with Gasteiger partial charge in [0, 0.05) is 19.2 Å². The highest BCUT2D eigenvalue weighted by atomic mass is 16.3. The summed E-state index contributed by atoms with van der Waals surface area (Å²) in [5.41, 5.74) is 2.25. The Balaban J connectivity index is 1.55. The van der Waals surface area contributed by atoms with Gasteiger partial charge in [-0.2, -0.15) is 5.10 Å². The van der Waals surface area contributed by atoms with E-state index in [0.29, 0.717) is 19.0 Å². The Morgan fingerprint density at radius 2 is 1.66 bits per heavy atom. The number of aromatic nitrogens is 2. The smallest absolute Gasteiger partial charge is 0.239 e. The highest BCUT2D eigenvalue weighted by Crippen LogP contribution is 2.32. The van der Waals surface area contributed by atoms with Crippen LogP contribution in [0.5, 0.6) is 0 Å². The van der Waals surface area contributed by atoms with Crippen LogP contribution in [0.2, 0.25) is 0 Å². The number of carbonyl (C=O) groups is 1. The van der Waals surface area contributed by atoms with Crippen molar-refractivity contribution in [3.8, 4) is 0 Å². The molecule has 1 saturated carbocycles. The lowest BCUT2D eigenvalue weighted by Crippen LogP contribution is -2.38. The molecular weight excluding hydrogens is 400 g/mol. The number of benzene rings is 2. The third-order valence-electron chi connectivity index (χ3n) is 6.15. The van der Waals surface area contributed by atoms with Gasteiger partial charge in [-0.15, -0.1) is 0 Å². The molecule has 6 heteroatoms. The number of hydrogen-bond donors (Lipinski definition) is 2. The van der Waals surface area contributed by atoms with Crippen LogP contribution in [0.25, 0.3) is 0 Å². The van der Waals surface area contributed by atoms with Crippen molar-refractivity contribution in [2.24, 2.45) is 0 Å². The maximum Gasteiger partial charge on any atom is 0.239 e. The molecule has 4 rings (SSSR count). The molecule has 1 amide bonds. The lowest BCUT2D eigenvalue weighted by atomic mass is 9.96. The van der Waals surface area contributed by atoms with E-state index < -0.39 is 0 Å². The summed E-state index contributed by atoms with van der Waals surface area (Å²) < 4.78 is 1.97. The fourth-order valence-corrected chi connectivity index (χ4v) is 4.68. The standard InChI is InChI=1S/C26H32N4O2/c31-19-9-18-29(26(21-10-3-1-4-11-21)22-12-5-2-6-13-22)20-25(32)28-24-16-17-27-30(24)23-14-7-8-15-23/h1-6,10-13,16-17,23,26,31H,7-9,14-15,18-20H2,(H,28,32). The zero-order chi connectivity index (χ0) is 22.2. The van der Waals surface area contributed by atoms with Crippen LogP contribution in [0, 0.1) is 0 Å². The van der Waals surface area contributed by atoms with Crippen molar-refractivity contribution >= 4 is 11.7 Å². The van der Waals surface area contributed by atoms with Crippen molar-refractivity contribution in [2.45, 2.75) is 44.2 Å². The monoisotopic (exact) mass is 432 g/mol. The summed E-state index contributed by atoms with van der Waals surface area (Å²) in [5.74, 6) is 0.694. The van der Waals surface area contributed by atoms with Crippen LogP contribution in [0.1, 0.15) is 55.3 Å². The molecule has 1 aliphatic rings. The Bertz CT molecular complexity index is 928. The first-order chi connectivity index (χ1) is 15.8.